The maximum Gasteiger partial charge on any atom is 0.124 e. The normalized spacial score (nSPS) is 25.3. The highest BCUT2D eigenvalue weighted by molar-refractivity contribution is 7.99. The van der Waals surface area contributed by atoms with Crippen molar-refractivity contribution in [1.29, 1.82) is 0 Å². The van der Waals surface area contributed by atoms with Gasteiger partial charge in [-0.15, -0.1) is 0 Å². The van der Waals surface area contributed by atoms with Crippen LogP contribution in [0.1, 0.15) is 11.9 Å². The van der Waals surface area contributed by atoms with E-state index in [2.05, 4.69) is 15.3 Å². The third-order valence-corrected chi connectivity index (χ3v) is 2.83. The molecule has 60 valence electrons. The second-order valence-electron chi connectivity index (χ2n) is 2.56. The summed E-state index contributed by atoms with van der Waals surface area (Å²) in [5.74, 6) is 3.42. The summed E-state index contributed by atoms with van der Waals surface area (Å²) in [5.41, 5.74) is 0. The van der Waals surface area contributed by atoms with Gasteiger partial charge in [-0.25, -0.2) is 4.98 Å². The summed E-state index contributed by atoms with van der Waals surface area (Å²) in [6.07, 6.45) is 3.67. The van der Waals surface area contributed by atoms with Gasteiger partial charge in [0.05, 0.1) is 6.04 Å². The number of rotatable bonds is 1. The lowest BCUT2D eigenvalue weighted by Crippen LogP contribution is -2.30. The predicted octanol–water partition coefficient (Wildman–Crippen LogP) is 0.787. The van der Waals surface area contributed by atoms with Crippen LogP contribution in [0.25, 0.3) is 0 Å². The molecule has 1 unspecified atom stereocenters. The minimum absolute atomic E-state index is 0.434. The molecule has 0 aliphatic carbocycles. The van der Waals surface area contributed by atoms with Crippen LogP contribution in [-0.2, 0) is 0 Å². The molecule has 0 bridgehead atoms. The molecular formula is C7H11N3S. The van der Waals surface area contributed by atoms with E-state index in [4.69, 9.17) is 0 Å². The van der Waals surface area contributed by atoms with Crippen molar-refractivity contribution in [3.63, 3.8) is 0 Å². The minimum atomic E-state index is 0.434. The molecule has 11 heavy (non-hydrogen) atoms. The summed E-state index contributed by atoms with van der Waals surface area (Å²) < 4.78 is 0. The lowest BCUT2D eigenvalue weighted by atomic mass is 10.3. The van der Waals surface area contributed by atoms with Gasteiger partial charge in [-0.1, -0.05) is 0 Å². The summed E-state index contributed by atoms with van der Waals surface area (Å²) in [6, 6.07) is 0.434. The van der Waals surface area contributed by atoms with E-state index in [1.165, 1.54) is 5.75 Å². The number of H-pyrrole nitrogens is 1. The van der Waals surface area contributed by atoms with Gasteiger partial charge >= 0.3 is 0 Å². The zero-order valence-electron chi connectivity index (χ0n) is 6.21. The number of nitrogens with zero attached hydrogens (tertiary/aromatic N) is 1. The van der Waals surface area contributed by atoms with Crippen LogP contribution in [0.4, 0.5) is 0 Å². The highest BCUT2D eigenvalue weighted by atomic mass is 32.2. The van der Waals surface area contributed by atoms with Crippen LogP contribution in [0, 0.1) is 0 Å². The molecule has 1 aromatic heterocycles. The molecule has 0 saturated carbocycles. The minimum Gasteiger partial charge on any atom is -0.347 e. The van der Waals surface area contributed by atoms with Gasteiger partial charge in [0, 0.05) is 30.4 Å². The van der Waals surface area contributed by atoms with Gasteiger partial charge in [0.2, 0.25) is 0 Å². The standard InChI is InChI=1S/C7H11N3S/c1-2-10-7(9-1)6-5-11-4-3-8-6/h1-2,6,8H,3-5H2,(H,9,10). The van der Waals surface area contributed by atoms with E-state index in [1.54, 1.807) is 6.20 Å². The smallest absolute Gasteiger partial charge is 0.124 e. The Morgan fingerprint density at radius 1 is 1.64 bits per heavy atom. The fourth-order valence-electron chi connectivity index (χ4n) is 1.21. The first kappa shape index (κ1) is 7.18. The van der Waals surface area contributed by atoms with E-state index in [0.717, 1.165) is 18.1 Å². The number of hydrogen-bond donors (Lipinski definition) is 2. The van der Waals surface area contributed by atoms with E-state index >= 15 is 0 Å². The number of hydrogen-bond acceptors (Lipinski definition) is 3. The van der Waals surface area contributed by atoms with Gasteiger partial charge in [-0.05, 0) is 0 Å². The predicted molar refractivity (Wildman–Crippen MR) is 46.7 cm³/mol. The number of imidazole rings is 1. The van der Waals surface area contributed by atoms with Crippen LogP contribution in [0.5, 0.6) is 0 Å². The van der Waals surface area contributed by atoms with Crippen molar-refractivity contribution in [3.8, 4) is 0 Å². The van der Waals surface area contributed by atoms with Crippen LogP contribution < -0.4 is 5.32 Å². The zero-order chi connectivity index (χ0) is 7.52. The van der Waals surface area contributed by atoms with Gasteiger partial charge in [0.1, 0.15) is 5.82 Å². The molecule has 1 aromatic rings. The summed E-state index contributed by atoms with van der Waals surface area (Å²) in [4.78, 5) is 7.33. The van der Waals surface area contributed by atoms with Crippen LogP contribution in [0.15, 0.2) is 12.4 Å². The molecule has 0 spiro atoms. The molecule has 0 aromatic carbocycles. The Morgan fingerprint density at radius 2 is 2.64 bits per heavy atom. The summed E-state index contributed by atoms with van der Waals surface area (Å²) >= 11 is 1.98. The Kier molecular flexibility index (Phi) is 2.14. The fraction of sp³-hybridized carbons (Fsp3) is 0.571. The fourth-order valence-corrected chi connectivity index (χ4v) is 2.15. The lowest BCUT2D eigenvalue weighted by molar-refractivity contribution is 0.569. The molecule has 1 atom stereocenters. The number of aromatic nitrogens is 2. The molecule has 0 amide bonds. The highest BCUT2D eigenvalue weighted by Gasteiger charge is 2.16. The molecule has 1 aliphatic heterocycles. The van der Waals surface area contributed by atoms with Crippen molar-refractivity contribution in [2.75, 3.05) is 18.1 Å². The first-order valence-corrected chi connectivity index (χ1v) is 4.93. The number of nitrogens with one attached hydrogen (secondary N) is 2. The first-order valence-electron chi connectivity index (χ1n) is 3.77. The maximum absolute atomic E-state index is 4.21. The average Bonchev–Trinajstić information content (AvgIpc) is 2.58. The number of aromatic amines is 1. The Hall–Kier alpha value is -0.480. The lowest BCUT2D eigenvalue weighted by Gasteiger charge is -2.20. The highest BCUT2D eigenvalue weighted by Crippen LogP contribution is 2.18. The molecule has 1 saturated heterocycles. The Labute approximate surface area is 70.0 Å². The van der Waals surface area contributed by atoms with Crippen LogP contribution in [-0.4, -0.2) is 28.0 Å². The molecule has 1 aliphatic rings. The van der Waals surface area contributed by atoms with Gasteiger partial charge < -0.3 is 10.3 Å². The first-order chi connectivity index (χ1) is 5.47. The number of thioether (sulfide) groups is 1. The maximum atomic E-state index is 4.21. The van der Waals surface area contributed by atoms with Gasteiger partial charge in [0.25, 0.3) is 0 Å². The monoisotopic (exact) mass is 169 g/mol. The van der Waals surface area contributed by atoms with E-state index in [-0.39, 0.29) is 0 Å². The Morgan fingerprint density at radius 3 is 3.27 bits per heavy atom. The van der Waals surface area contributed by atoms with Crippen LogP contribution in [0.3, 0.4) is 0 Å². The molecule has 2 N–H and O–H groups in total. The summed E-state index contributed by atoms with van der Waals surface area (Å²) in [5, 5.41) is 3.41. The quantitative estimate of drug-likeness (QED) is 0.653. The molecule has 4 heteroatoms. The van der Waals surface area contributed by atoms with Crippen LogP contribution in [0.2, 0.25) is 0 Å². The van der Waals surface area contributed by atoms with Crippen molar-refractivity contribution in [3.05, 3.63) is 18.2 Å². The molecular weight excluding hydrogens is 158 g/mol. The van der Waals surface area contributed by atoms with E-state index in [1.807, 2.05) is 18.0 Å². The van der Waals surface area contributed by atoms with Gasteiger partial charge in [-0.2, -0.15) is 11.8 Å². The van der Waals surface area contributed by atoms with E-state index < -0.39 is 0 Å². The summed E-state index contributed by atoms with van der Waals surface area (Å²) in [7, 11) is 0. The summed E-state index contributed by atoms with van der Waals surface area (Å²) in [6.45, 7) is 1.09. The molecule has 1 fully saturated rings. The Bertz CT molecular complexity index is 203. The third kappa shape index (κ3) is 1.57. The van der Waals surface area contributed by atoms with Gasteiger partial charge in [-0.3, -0.25) is 0 Å². The molecule has 2 rings (SSSR count). The van der Waals surface area contributed by atoms with Crippen molar-refractivity contribution < 1.29 is 0 Å². The van der Waals surface area contributed by atoms with Crippen molar-refractivity contribution >= 4 is 11.8 Å². The van der Waals surface area contributed by atoms with E-state index in [9.17, 15) is 0 Å². The van der Waals surface area contributed by atoms with Crippen molar-refractivity contribution in [2.24, 2.45) is 0 Å². The third-order valence-electron chi connectivity index (χ3n) is 1.77. The van der Waals surface area contributed by atoms with Crippen molar-refractivity contribution in [2.45, 2.75) is 6.04 Å². The second-order valence-corrected chi connectivity index (χ2v) is 3.71. The topological polar surface area (TPSA) is 40.7 Å². The van der Waals surface area contributed by atoms with Crippen molar-refractivity contribution in [1.82, 2.24) is 15.3 Å². The molecule has 0 radical (unpaired) electrons. The second kappa shape index (κ2) is 3.28. The van der Waals surface area contributed by atoms with E-state index in [0.29, 0.717) is 6.04 Å². The average molecular weight is 169 g/mol. The molecule has 3 nitrogen and oxygen atoms in total. The van der Waals surface area contributed by atoms with Crippen LogP contribution >= 0.6 is 11.8 Å². The Balaban J connectivity index is 2.04. The van der Waals surface area contributed by atoms with Gasteiger partial charge in [0.15, 0.2) is 0 Å². The molecule has 2 heterocycles. The zero-order valence-corrected chi connectivity index (χ0v) is 7.03. The largest absolute Gasteiger partial charge is 0.347 e. The SMILES string of the molecule is c1c[nH]c(C2CSCCN2)n1.